The van der Waals surface area contributed by atoms with Crippen molar-refractivity contribution in [1.29, 1.82) is 0 Å². The largest absolute Gasteiger partial charge is 0.0530 e. The summed E-state index contributed by atoms with van der Waals surface area (Å²) in [6.45, 7) is 0. The molecule has 0 aromatic heterocycles. The van der Waals surface area contributed by atoms with Crippen LogP contribution in [0.25, 0.3) is 0 Å². The first-order chi connectivity index (χ1) is 9.40. The average Bonchev–Trinajstić information content (AvgIpc) is 2.90. The molecule has 0 amide bonds. The molecule has 0 spiro atoms. The second-order valence-corrected chi connectivity index (χ2v) is 8.41. The maximum Gasteiger partial charge on any atom is -0.0380 e. The van der Waals surface area contributed by atoms with Gasteiger partial charge in [0.05, 0.1) is 0 Å². The van der Waals surface area contributed by atoms with Crippen LogP contribution < -0.4 is 0 Å². The maximum absolute atomic E-state index is 1.63. The Bertz CT molecular complexity index is 293. The predicted octanol–water partition coefficient (Wildman–Crippen LogP) is 5.81. The van der Waals surface area contributed by atoms with Crippen molar-refractivity contribution in [2.45, 2.75) is 83.5 Å². The van der Waals surface area contributed by atoms with E-state index in [1.807, 2.05) is 0 Å². The lowest BCUT2D eigenvalue weighted by molar-refractivity contribution is 0.0987. The molecule has 0 aliphatic heterocycles. The first kappa shape index (κ1) is 12.7. The van der Waals surface area contributed by atoms with Gasteiger partial charge in [0.15, 0.2) is 0 Å². The molecule has 4 saturated carbocycles. The van der Waals surface area contributed by atoms with E-state index in [1.54, 1.807) is 83.5 Å². The van der Waals surface area contributed by atoms with Crippen LogP contribution in [0.3, 0.4) is 0 Å². The first-order valence-electron chi connectivity index (χ1n) is 9.40. The average molecular weight is 260 g/mol. The number of fused-ring (bicyclic) bond motifs is 2. The van der Waals surface area contributed by atoms with E-state index in [0.717, 1.165) is 35.5 Å². The molecule has 5 unspecified atom stereocenters. The van der Waals surface area contributed by atoms with Crippen molar-refractivity contribution < 1.29 is 0 Å². The summed E-state index contributed by atoms with van der Waals surface area (Å²) < 4.78 is 0. The fourth-order valence-corrected chi connectivity index (χ4v) is 6.50. The molecule has 4 aliphatic carbocycles. The van der Waals surface area contributed by atoms with Crippen LogP contribution in [-0.4, -0.2) is 0 Å². The van der Waals surface area contributed by atoms with Gasteiger partial charge in [-0.15, -0.1) is 0 Å². The Morgan fingerprint density at radius 1 is 0.316 bits per heavy atom. The Hall–Kier alpha value is 0. The van der Waals surface area contributed by atoms with Crippen LogP contribution in [0.4, 0.5) is 0 Å². The minimum atomic E-state index is 1.14. The third-order valence-electron chi connectivity index (χ3n) is 7.52. The highest BCUT2D eigenvalue weighted by atomic mass is 14.5. The number of hydrogen-bond acceptors (Lipinski definition) is 0. The fraction of sp³-hybridized carbons (Fsp3) is 1.00. The van der Waals surface area contributed by atoms with Gasteiger partial charge in [0.25, 0.3) is 0 Å². The molecule has 0 radical (unpaired) electrons. The molecule has 108 valence electrons. The quantitative estimate of drug-likeness (QED) is 0.558. The SMILES string of the molecule is C1CCC2CC(C3CC4CCCCC4C3)CCC2C1. The minimum absolute atomic E-state index is 1.14. The first-order valence-corrected chi connectivity index (χ1v) is 9.40. The van der Waals surface area contributed by atoms with Gasteiger partial charge in [0.1, 0.15) is 0 Å². The summed E-state index contributed by atoms with van der Waals surface area (Å²) in [5.41, 5.74) is 0. The molecule has 0 N–H and O–H groups in total. The number of rotatable bonds is 1. The highest BCUT2D eigenvalue weighted by molar-refractivity contribution is 4.92. The zero-order valence-corrected chi connectivity index (χ0v) is 12.7. The standard InChI is InChI=1S/C19H32/c1-2-6-15-11-18(10-9-14(15)5-1)19-12-16-7-3-4-8-17(16)13-19/h14-19H,1-13H2. The van der Waals surface area contributed by atoms with E-state index >= 15 is 0 Å². The van der Waals surface area contributed by atoms with Gasteiger partial charge >= 0.3 is 0 Å². The monoisotopic (exact) mass is 260 g/mol. The van der Waals surface area contributed by atoms with E-state index in [-0.39, 0.29) is 0 Å². The minimum Gasteiger partial charge on any atom is -0.0530 e. The van der Waals surface area contributed by atoms with Gasteiger partial charge in [-0.3, -0.25) is 0 Å². The summed E-state index contributed by atoms with van der Waals surface area (Å²) in [5.74, 6) is 6.90. The molecule has 0 nitrogen and oxygen atoms in total. The van der Waals surface area contributed by atoms with Crippen LogP contribution in [0.15, 0.2) is 0 Å². The summed E-state index contributed by atoms with van der Waals surface area (Å²) in [7, 11) is 0. The van der Waals surface area contributed by atoms with Crippen LogP contribution >= 0.6 is 0 Å². The van der Waals surface area contributed by atoms with E-state index < -0.39 is 0 Å². The molecule has 0 saturated heterocycles. The molecule has 0 heterocycles. The smallest absolute Gasteiger partial charge is 0.0380 e. The van der Waals surface area contributed by atoms with E-state index in [0.29, 0.717) is 0 Å². The Kier molecular flexibility index (Phi) is 3.62. The number of hydrogen-bond donors (Lipinski definition) is 0. The van der Waals surface area contributed by atoms with Crippen molar-refractivity contribution in [2.24, 2.45) is 35.5 Å². The Balaban J connectivity index is 1.37. The van der Waals surface area contributed by atoms with Gasteiger partial charge in [0.2, 0.25) is 0 Å². The van der Waals surface area contributed by atoms with Gasteiger partial charge in [-0.2, -0.15) is 0 Å². The Morgan fingerprint density at radius 2 is 0.684 bits per heavy atom. The highest BCUT2D eigenvalue weighted by Crippen LogP contribution is 2.52. The zero-order valence-electron chi connectivity index (χ0n) is 12.7. The lowest BCUT2D eigenvalue weighted by atomic mass is 9.64. The van der Waals surface area contributed by atoms with Gasteiger partial charge in [0, 0.05) is 0 Å². The topological polar surface area (TPSA) is 0 Å². The van der Waals surface area contributed by atoms with Crippen LogP contribution in [0, 0.1) is 35.5 Å². The van der Waals surface area contributed by atoms with Crippen LogP contribution in [0.2, 0.25) is 0 Å². The zero-order chi connectivity index (χ0) is 12.7. The maximum atomic E-state index is 1.63. The van der Waals surface area contributed by atoms with Crippen LogP contribution in [-0.2, 0) is 0 Å². The molecule has 4 aliphatic rings. The molecule has 19 heavy (non-hydrogen) atoms. The second kappa shape index (κ2) is 5.41. The van der Waals surface area contributed by atoms with Crippen molar-refractivity contribution in [3.63, 3.8) is 0 Å². The van der Waals surface area contributed by atoms with Crippen molar-refractivity contribution in [3.8, 4) is 0 Å². The summed E-state index contributed by atoms with van der Waals surface area (Å²) in [4.78, 5) is 0. The van der Waals surface area contributed by atoms with E-state index in [9.17, 15) is 0 Å². The molecule has 0 aromatic carbocycles. The summed E-state index contributed by atoms with van der Waals surface area (Å²) in [5, 5.41) is 0. The van der Waals surface area contributed by atoms with E-state index in [4.69, 9.17) is 0 Å². The van der Waals surface area contributed by atoms with Crippen molar-refractivity contribution in [1.82, 2.24) is 0 Å². The van der Waals surface area contributed by atoms with Gasteiger partial charge in [-0.25, -0.2) is 0 Å². The normalized spacial score (nSPS) is 50.5. The third kappa shape index (κ3) is 2.49. The van der Waals surface area contributed by atoms with E-state index in [1.165, 1.54) is 0 Å². The molecule has 4 fully saturated rings. The van der Waals surface area contributed by atoms with Crippen LogP contribution in [0.5, 0.6) is 0 Å². The highest BCUT2D eigenvalue weighted by Gasteiger charge is 2.42. The molecule has 4 rings (SSSR count). The molecule has 0 aromatic rings. The van der Waals surface area contributed by atoms with Crippen molar-refractivity contribution in [3.05, 3.63) is 0 Å². The second-order valence-electron chi connectivity index (χ2n) is 8.41. The van der Waals surface area contributed by atoms with Gasteiger partial charge in [-0.1, -0.05) is 51.4 Å². The molecule has 5 atom stereocenters. The predicted molar refractivity (Wildman–Crippen MR) is 81.0 cm³/mol. The lowest BCUT2D eigenvalue weighted by Crippen LogP contribution is -2.30. The molecule has 0 bridgehead atoms. The summed E-state index contributed by atoms with van der Waals surface area (Å²) >= 11 is 0. The lowest BCUT2D eigenvalue weighted by Gasteiger charge is -2.41. The Labute approximate surface area is 119 Å². The van der Waals surface area contributed by atoms with E-state index in [2.05, 4.69) is 0 Å². The molecular formula is C19H32. The third-order valence-corrected chi connectivity index (χ3v) is 7.52. The molecule has 0 heteroatoms. The Morgan fingerprint density at radius 3 is 1.32 bits per heavy atom. The van der Waals surface area contributed by atoms with Gasteiger partial charge < -0.3 is 0 Å². The van der Waals surface area contributed by atoms with Crippen molar-refractivity contribution in [2.75, 3.05) is 0 Å². The van der Waals surface area contributed by atoms with Crippen molar-refractivity contribution >= 4 is 0 Å². The summed E-state index contributed by atoms with van der Waals surface area (Å²) in [6.07, 6.45) is 20.6. The molecular weight excluding hydrogens is 228 g/mol. The van der Waals surface area contributed by atoms with Gasteiger partial charge in [-0.05, 0) is 67.6 Å². The van der Waals surface area contributed by atoms with Crippen LogP contribution in [0.1, 0.15) is 83.5 Å². The fourth-order valence-electron chi connectivity index (χ4n) is 6.50. The summed E-state index contributed by atoms with van der Waals surface area (Å²) in [6, 6.07) is 0.